The molecule has 0 aliphatic rings. The van der Waals surface area contributed by atoms with E-state index in [4.69, 9.17) is 0 Å². The Labute approximate surface area is 143 Å². The third-order valence-electron chi connectivity index (χ3n) is 3.86. The summed E-state index contributed by atoms with van der Waals surface area (Å²) in [6.07, 6.45) is 1.78. The lowest BCUT2D eigenvalue weighted by molar-refractivity contribution is 0.643. The average molecular weight is 333 g/mol. The van der Waals surface area contributed by atoms with Crippen molar-refractivity contribution in [3.05, 3.63) is 81.6 Å². The van der Waals surface area contributed by atoms with Crippen LogP contribution in [0.5, 0.6) is 0 Å². The summed E-state index contributed by atoms with van der Waals surface area (Å²) in [6.45, 7) is 2.51. The van der Waals surface area contributed by atoms with E-state index >= 15 is 0 Å². The summed E-state index contributed by atoms with van der Waals surface area (Å²) in [4.78, 5) is 18.8. The summed E-state index contributed by atoms with van der Waals surface area (Å²) in [5, 5.41) is 5.59. The minimum Gasteiger partial charge on any atom is -0.268 e. The molecule has 3 heterocycles. The number of aromatic nitrogens is 3. The molecule has 1 aromatic carbocycles. The van der Waals surface area contributed by atoms with Gasteiger partial charge in [-0.15, -0.1) is 11.3 Å². The zero-order valence-corrected chi connectivity index (χ0v) is 14.0. The van der Waals surface area contributed by atoms with E-state index in [2.05, 4.69) is 29.1 Å². The van der Waals surface area contributed by atoms with Crippen molar-refractivity contribution >= 4 is 22.2 Å². The maximum Gasteiger partial charge on any atom is 0.267 e. The Balaban J connectivity index is 1.71. The monoisotopic (exact) mass is 333 g/mol. The molecule has 0 fully saturated rings. The molecule has 0 saturated heterocycles. The van der Waals surface area contributed by atoms with Crippen LogP contribution in [0, 0.1) is 6.92 Å². The van der Waals surface area contributed by atoms with Gasteiger partial charge in [0.1, 0.15) is 5.69 Å². The first-order valence-corrected chi connectivity index (χ1v) is 8.49. The van der Waals surface area contributed by atoms with E-state index in [0.29, 0.717) is 6.54 Å². The lowest BCUT2D eigenvalue weighted by atomic mass is 10.1. The van der Waals surface area contributed by atoms with Crippen molar-refractivity contribution in [2.75, 3.05) is 0 Å². The Morgan fingerprint density at radius 1 is 1.08 bits per heavy atom. The van der Waals surface area contributed by atoms with Gasteiger partial charge in [-0.1, -0.05) is 12.1 Å². The molecule has 5 heteroatoms. The van der Waals surface area contributed by atoms with Gasteiger partial charge in [-0.2, -0.15) is 5.10 Å². The minimum atomic E-state index is -0.0988. The van der Waals surface area contributed by atoms with E-state index in [1.807, 2.05) is 30.3 Å². The van der Waals surface area contributed by atoms with Crippen molar-refractivity contribution in [2.24, 2.45) is 0 Å². The molecule has 24 heavy (non-hydrogen) atoms. The fraction of sp³-hybridized carbons (Fsp3) is 0.105. The number of fused-ring (bicyclic) bond motifs is 1. The number of aryl methyl sites for hydroxylation is 1. The predicted molar refractivity (Wildman–Crippen MR) is 97.4 cm³/mol. The molecular weight excluding hydrogens is 318 g/mol. The van der Waals surface area contributed by atoms with Gasteiger partial charge in [0.2, 0.25) is 0 Å². The van der Waals surface area contributed by atoms with Crippen molar-refractivity contribution in [3.63, 3.8) is 0 Å². The van der Waals surface area contributed by atoms with Crippen molar-refractivity contribution in [2.45, 2.75) is 13.5 Å². The number of pyridine rings is 1. The van der Waals surface area contributed by atoms with Gasteiger partial charge in [0.15, 0.2) is 0 Å². The summed E-state index contributed by atoms with van der Waals surface area (Å²) >= 11 is 1.68. The standard InChI is InChI=1S/C19H15N3OS/c1-13-4-8-18(24-13)17-7-9-19(23)22(21-17)12-14-5-6-16-15(11-14)3-2-10-20-16/h2-11H,12H2,1H3. The van der Waals surface area contributed by atoms with E-state index in [0.717, 1.165) is 27.0 Å². The highest BCUT2D eigenvalue weighted by Gasteiger charge is 2.07. The highest BCUT2D eigenvalue weighted by atomic mass is 32.1. The average Bonchev–Trinajstić information content (AvgIpc) is 3.03. The number of hydrogen-bond acceptors (Lipinski definition) is 4. The van der Waals surface area contributed by atoms with Crippen LogP contribution < -0.4 is 5.56 Å². The van der Waals surface area contributed by atoms with E-state index < -0.39 is 0 Å². The number of benzene rings is 1. The van der Waals surface area contributed by atoms with Crippen molar-refractivity contribution in [3.8, 4) is 10.6 Å². The van der Waals surface area contributed by atoms with E-state index in [-0.39, 0.29) is 5.56 Å². The van der Waals surface area contributed by atoms with Crippen molar-refractivity contribution in [1.82, 2.24) is 14.8 Å². The normalized spacial score (nSPS) is 11.0. The summed E-state index contributed by atoms with van der Waals surface area (Å²) in [5.74, 6) is 0. The van der Waals surface area contributed by atoms with Crippen LogP contribution in [-0.2, 0) is 6.54 Å². The van der Waals surface area contributed by atoms with Gasteiger partial charge in [-0.25, -0.2) is 4.68 Å². The molecule has 0 amide bonds. The first kappa shape index (κ1) is 14.8. The Morgan fingerprint density at radius 3 is 2.83 bits per heavy atom. The quantitative estimate of drug-likeness (QED) is 0.572. The molecule has 0 unspecified atom stereocenters. The highest BCUT2D eigenvalue weighted by Crippen LogP contribution is 2.25. The summed E-state index contributed by atoms with van der Waals surface area (Å²) in [7, 11) is 0. The number of hydrogen-bond donors (Lipinski definition) is 0. The van der Waals surface area contributed by atoms with Crippen LogP contribution in [-0.4, -0.2) is 14.8 Å². The second kappa shape index (κ2) is 6.02. The number of thiophene rings is 1. The topological polar surface area (TPSA) is 47.8 Å². The van der Waals surface area contributed by atoms with Crippen molar-refractivity contribution < 1.29 is 0 Å². The third kappa shape index (κ3) is 2.86. The molecule has 0 aliphatic carbocycles. The van der Waals surface area contributed by atoms with Gasteiger partial charge in [-0.3, -0.25) is 9.78 Å². The van der Waals surface area contributed by atoms with Gasteiger partial charge < -0.3 is 0 Å². The summed E-state index contributed by atoms with van der Waals surface area (Å²) in [5.41, 5.74) is 2.71. The molecule has 0 radical (unpaired) electrons. The number of nitrogens with zero attached hydrogens (tertiary/aromatic N) is 3. The zero-order chi connectivity index (χ0) is 16.5. The van der Waals surface area contributed by atoms with E-state index in [9.17, 15) is 4.79 Å². The molecule has 4 aromatic rings. The molecule has 0 N–H and O–H groups in total. The molecule has 3 aromatic heterocycles. The Hall–Kier alpha value is -2.79. The SMILES string of the molecule is Cc1ccc(-c2ccc(=O)n(Cc3ccc4ncccc4c3)n2)s1. The van der Waals surface area contributed by atoms with Crippen LogP contribution in [0.1, 0.15) is 10.4 Å². The van der Waals surface area contributed by atoms with Gasteiger partial charge >= 0.3 is 0 Å². The molecule has 0 saturated carbocycles. The second-order valence-corrected chi connectivity index (χ2v) is 6.94. The highest BCUT2D eigenvalue weighted by molar-refractivity contribution is 7.15. The number of rotatable bonds is 3. The van der Waals surface area contributed by atoms with Crippen LogP contribution in [0.25, 0.3) is 21.5 Å². The van der Waals surface area contributed by atoms with E-state index in [1.54, 1.807) is 29.7 Å². The fourth-order valence-electron chi connectivity index (χ4n) is 2.66. The molecule has 118 valence electrons. The van der Waals surface area contributed by atoms with Crippen molar-refractivity contribution in [1.29, 1.82) is 0 Å². The van der Waals surface area contributed by atoms with Gasteiger partial charge in [0.25, 0.3) is 5.56 Å². The Bertz CT molecular complexity index is 1080. The van der Waals surface area contributed by atoms with Crippen LogP contribution in [0.2, 0.25) is 0 Å². The zero-order valence-electron chi connectivity index (χ0n) is 13.1. The first-order valence-electron chi connectivity index (χ1n) is 7.68. The maximum atomic E-state index is 12.2. The van der Waals surface area contributed by atoms with Gasteiger partial charge in [0, 0.05) is 22.5 Å². The smallest absolute Gasteiger partial charge is 0.267 e. The predicted octanol–water partition coefficient (Wildman–Crippen LogP) is 3.88. The Kier molecular flexibility index (Phi) is 3.70. The second-order valence-electron chi connectivity index (χ2n) is 5.66. The largest absolute Gasteiger partial charge is 0.268 e. The molecule has 4 nitrogen and oxygen atoms in total. The van der Waals surface area contributed by atoms with Crippen LogP contribution in [0.4, 0.5) is 0 Å². The molecule has 4 rings (SSSR count). The van der Waals surface area contributed by atoms with E-state index in [1.165, 1.54) is 9.56 Å². The van der Waals surface area contributed by atoms with Crippen LogP contribution in [0.15, 0.2) is 65.6 Å². The van der Waals surface area contributed by atoms with Crippen LogP contribution in [0.3, 0.4) is 0 Å². The lowest BCUT2D eigenvalue weighted by Gasteiger charge is -2.07. The summed E-state index contributed by atoms with van der Waals surface area (Å²) in [6, 6.07) is 17.4. The molecular formula is C19H15N3OS. The molecule has 0 aliphatic heterocycles. The fourth-order valence-corrected chi connectivity index (χ4v) is 3.49. The lowest BCUT2D eigenvalue weighted by Crippen LogP contribution is -2.22. The summed E-state index contributed by atoms with van der Waals surface area (Å²) < 4.78 is 1.52. The van der Waals surface area contributed by atoms with Gasteiger partial charge in [0.05, 0.1) is 16.9 Å². The maximum absolute atomic E-state index is 12.2. The molecule has 0 atom stereocenters. The Morgan fingerprint density at radius 2 is 2.00 bits per heavy atom. The molecule has 0 bridgehead atoms. The van der Waals surface area contributed by atoms with Gasteiger partial charge in [-0.05, 0) is 48.9 Å². The van der Waals surface area contributed by atoms with Crippen LogP contribution >= 0.6 is 11.3 Å². The minimum absolute atomic E-state index is 0.0988. The first-order chi connectivity index (χ1) is 11.7. The molecule has 0 spiro atoms. The third-order valence-corrected chi connectivity index (χ3v) is 4.88.